The smallest absolute Gasteiger partial charge is 0.108 e. The second-order valence-electron chi connectivity index (χ2n) is 3.31. The molecule has 1 N–H and O–H groups in total. The van der Waals surface area contributed by atoms with E-state index in [1.165, 1.54) is 0 Å². The molecule has 1 aromatic rings. The van der Waals surface area contributed by atoms with Crippen LogP contribution in [0.25, 0.3) is 0 Å². The number of aromatic nitrogens is 3. The Hall–Kier alpha value is -0.940. The van der Waals surface area contributed by atoms with Crippen LogP contribution in [0.5, 0.6) is 0 Å². The Kier molecular flexibility index (Phi) is 2.56. The Balaban J connectivity index is 1.78. The van der Waals surface area contributed by atoms with Crippen molar-refractivity contribution in [2.45, 2.75) is 19.1 Å². The van der Waals surface area contributed by atoms with Gasteiger partial charge in [0.05, 0.1) is 18.9 Å². The van der Waals surface area contributed by atoms with E-state index >= 15 is 0 Å². The van der Waals surface area contributed by atoms with E-state index in [2.05, 4.69) is 15.6 Å². The third kappa shape index (κ3) is 2.26. The van der Waals surface area contributed by atoms with Crippen molar-refractivity contribution in [3.63, 3.8) is 0 Å². The second kappa shape index (κ2) is 3.85. The summed E-state index contributed by atoms with van der Waals surface area (Å²) < 4.78 is 7.31. The van der Waals surface area contributed by atoms with Crippen LogP contribution in [0.15, 0.2) is 6.20 Å². The minimum absolute atomic E-state index is 0.349. The van der Waals surface area contributed by atoms with Gasteiger partial charge in [-0.05, 0) is 13.0 Å². The zero-order valence-corrected chi connectivity index (χ0v) is 7.73. The molecule has 0 aliphatic carbocycles. The van der Waals surface area contributed by atoms with E-state index < -0.39 is 0 Å². The molecule has 5 nitrogen and oxygen atoms in total. The van der Waals surface area contributed by atoms with E-state index in [9.17, 15) is 0 Å². The summed E-state index contributed by atoms with van der Waals surface area (Å²) in [6.07, 6.45) is 3.32. The van der Waals surface area contributed by atoms with Gasteiger partial charge in [-0.3, -0.25) is 4.68 Å². The summed E-state index contributed by atoms with van der Waals surface area (Å²) in [4.78, 5) is 0. The molecular weight excluding hydrogens is 168 g/mol. The van der Waals surface area contributed by atoms with Gasteiger partial charge in [-0.25, -0.2) is 0 Å². The molecule has 0 radical (unpaired) electrons. The maximum atomic E-state index is 5.62. The molecular formula is C8H14N4O. The first-order valence-corrected chi connectivity index (χ1v) is 4.52. The van der Waals surface area contributed by atoms with Crippen LogP contribution >= 0.6 is 0 Å². The minimum atomic E-state index is 0.349. The van der Waals surface area contributed by atoms with Crippen LogP contribution in [0.3, 0.4) is 0 Å². The summed E-state index contributed by atoms with van der Waals surface area (Å²) in [6, 6.07) is 0. The van der Waals surface area contributed by atoms with E-state index in [0.29, 0.717) is 12.7 Å². The van der Waals surface area contributed by atoms with Crippen LogP contribution < -0.4 is 5.32 Å². The van der Waals surface area contributed by atoms with Crippen molar-refractivity contribution in [3.8, 4) is 0 Å². The number of ether oxygens (including phenoxy) is 1. The van der Waals surface area contributed by atoms with Gasteiger partial charge in [-0.1, -0.05) is 5.21 Å². The first-order valence-electron chi connectivity index (χ1n) is 4.52. The Morgan fingerprint density at radius 2 is 2.69 bits per heavy atom. The first-order chi connectivity index (χ1) is 6.34. The van der Waals surface area contributed by atoms with Crippen molar-refractivity contribution in [2.75, 3.05) is 13.1 Å². The molecule has 72 valence electrons. The average Bonchev–Trinajstić information content (AvgIpc) is 2.71. The van der Waals surface area contributed by atoms with Crippen molar-refractivity contribution in [2.24, 2.45) is 7.05 Å². The molecule has 0 bridgehead atoms. The van der Waals surface area contributed by atoms with Crippen LogP contribution in [-0.4, -0.2) is 34.2 Å². The highest BCUT2D eigenvalue weighted by atomic mass is 16.5. The van der Waals surface area contributed by atoms with E-state index in [4.69, 9.17) is 4.74 Å². The van der Waals surface area contributed by atoms with Crippen LogP contribution in [0, 0.1) is 0 Å². The quantitative estimate of drug-likeness (QED) is 0.697. The van der Waals surface area contributed by atoms with E-state index in [-0.39, 0.29) is 0 Å². The van der Waals surface area contributed by atoms with Crippen molar-refractivity contribution in [1.82, 2.24) is 20.3 Å². The number of aryl methyl sites for hydroxylation is 1. The van der Waals surface area contributed by atoms with Gasteiger partial charge in [0.2, 0.25) is 0 Å². The fourth-order valence-corrected chi connectivity index (χ4v) is 1.44. The maximum absolute atomic E-state index is 5.62. The highest BCUT2D eigenvalue weighted by Gasteiger charge is 2.14. The molecule has 1 aliphatic heterocycles. The topological polar surface area (TPSA) is 52.0 Å². The van der Waals surface area contributed by atoms with Crippen LogP contribution in [0.2, 0.25) is 0 Å². The summed E-state index contributed by atoms with van der Waals surface area (Å²) in [5.74, 6) is 0. The highest BCUT2D eigenvalue weighted by molar-refractivity contribution is 4.89. The molecule has 1 atom stereocenters. The Bertz CT molecular complexity index is 267. The lowest BCUT2D eigenvalue weighted by Crippen LogP contribution is -2.16. The molecule has 2 rings (SSSR count). The van der Waals surface area contributed by atoms with Gasteiger partial charge >= 0.3 is 0 Å². The predicted octanol–water partition coefficient (Wildman–Crippen LogP) is -0.306. The van der Waals surface area contributed by atoms with Crippen molar-refractivity contribution >= 4 is 0 Å². The van der Waals surface area contributed by atoms with Crippen LogP contribution in [-0.2, 0) is 18.4 Å². The summed E-state index contributed by atoms with van der Waals surface area (Å²) >= 11 is 0. The lowest BCUT2D eigenvalue weighted by Gasteiger charge is -2.07. The van der Waals surface area contributed by atoms with Gasteiger partial charge in [-0.2, -0.15) is 0 Å². The normalized spacial score (nSPS) is 22.4. The van der Waals surface area contributed by atoms with Crippen molar-refractivity contribution < 1.29 is 4.74 Å². The summed E-state index contributed by atoms with van der Waals surface area (Å²) in [6.45, 7) is 2.59. The molecule has 1 aliphatic rings. The molecule has 0 aromatic carbocycles. The number of hydrogen-bond acceptors (Lipinski definition) is 4. The lowest BCUT2D eigenvalue weighted by atomic mass is 10.3. The molecule has 1 unspecified atom stereocenters. The fraction of sp³-hybridized carbons (Fsp3) is 0.750. The molecule has 5 heteroatoms. The SMILES string of the molecule is Cn1cc(COC2CCNC2)nn1. The second-order valence-corrected chi connectivity index (χ2v) is 3.31. The Labute approximate surface area is 77.1 Å². The highest BCUT2D eigenvalue weighted by Crippen LogP contribution is 2.05. The largest absolute Gasteiger partial charge is 0.370 e. The predicted molar refractivity (Wildman–Crippen MR) is 47.1 cm³/mol. The molecule has 0 amide bonds. The van der Waals surface area contributed by atoms with Gasteiger partial charge < -0.3 is 10.1 Å². The van der Waals surface area contributed by atoms with Crippen LogP contribution in [0.1, 0.15) is 12.1 Å². The van der Waals surface area contributed by atoms with Gasteiger partial charge in [0, 0.05) is 13.6 Å². The van der Waals surface area contributed by atoms with Crippen molar-refractivity contribution in [1.29, 1.82) is 0 Å². The number of nitrogens with one attached hydrogen (secondary N) is 1. The zero-order valence-electron chi connectivity index (χ0n) is 7.73. The van der Waals surface area contributed by atoms with Gasteiger partial charge in [-0.15, -0.1) is 5.10 Å². The average molecular weight is 182 g/mol. The van der Waals surface area contributed by atoms with E-state index in [0.717, 1.165) is 25.2 Å². The van der Waals surface area contributed by atoms with Gasteiger partial charge in [0.15, 0.2) is 0 Å². The molecule has 1 aromatic heterocycles. The molecule has 1 fully saturated rings. The summed E-state index contributed by atoms with van der Waals surface area (Å²) in [5, 5.41) is 11.0. The monoisotopic (exact) mass is 182 g/mol. The van der Waals surface area contributed by atoms with Gasteiger partial charge in [0.1, 0.15) is 5.69 Å². The maximum Gasteiger partial charge on any atom is 0.108 e. The molecule has 0 spiro atoms. The zero-order chi connectivity index (χ0) is 9.10. The lowest BCUT2D eigenvalue weighted by molar-refractivity contribution is 0.0522. The van der Waals surface area contributed by atoms with Crippen molar-refractivity contribution in [3.05, 3.63) is 11.9 Å². The standard InChI is InChI=1S/C8H14N4O/c1-12-5-7(10-11-12)6-13-8-2-3-9-4-8/h5,8-9H,2-4,6H2,1H3. The van der Waals surface area contributed by atoms with E-state index in [1.807, 2.05) is 13.2 Å². The summed E-state index contributed by atoms with van der Waals surface area (Å²) in [7, 11) is 1.85. The van der Waals surface area contributed by atoms with Crippen LogP contribution in [0.4, 0.5) is 0 Å². The third-order valence-corrected chi connectivity index (χ3v) is 2.13. The van der Waals surface area contributed by atoms with Gasteiger partial charge in [0.25, 0.3) is 0 Å². The summed E-state index contributed by atoms with van der Waals surface area (Å²) in [5.41, 5.74) is 0.898. The minimum Gasteiger partial charge on any atom is -0.370 e. The number of hydrogen-bond donors (Lipinski definition) is 1. The Morgan fingerprint density at radius 3 is 3.31 bits per heavy atom. The Morgan fingerprint density at radius 1 is 1.77 bits per heavy atom. The fourth-order valence-electron chi connectivity index (χ4n) is 1.44. The number of rotatable bonds is 3. The molecule has 13 heavy (non-hydrogen) atoms. The third-order valence-electron chi connectivity index (χ3n) is 2.13. The first kappa shape index (κ1) is 8.65. The number of nitrogens with zero attached hydrogens (tertiary/aromatic N) is 3. The molecule has 2 heterocycles. The van der Waals surface area contributed by atoms with E-state index in [1.54, 1.807) is 4.68 Å². The molecule has 0 saturated carbocycles. The molecule has 1 saturated heterocycles.